The molecular formula is C28H29N3OS. The highest BCUT2D eigenvalue weighted by atomic mass is 32.1. The molecule has 0 fully saturated rings. The minimum Gasteiger partial charge on any atom is -0.383 e. The molecule has 1 aromatic heterocycles. The van der Waals surface area contributed by atoms with Gasteiger partial charge >= 0.3 is 0 Å². The van der Waals surface area contributed by atoms with Crippen LogP contribution in [-0.2, 0) is 4.74 Å². The molecule has 4 rings (SSSR count). The van der Waals surface area contributed by atoms with Crippen molar-refractivity contribution < 1.29 is 4.74 Å². The summed E-state index contributed by atoms with van der Waals surface area (Å²) in [6, 6.07) is 27.6. The number of benzene rings is 3. The second-order valence-electron chi connectivity index (χ2n) is 8.10. The van der Waals surface area contributed by atoms with Crippen molar-refractivity contribution in [1.82, 2.24) is 4.68 Å². The van der Waals surface area contributed by atoms with Gasteiger partial charge in [0, 0.05) is 18.1 Å². The maximum atomic E-state index is 5.17. The smallest absolute Gasteiger partial charge is 0.206 e. The third-order valence-corrected chi connectivity index (χ3v) is 6.29. The van der Waals surface area contributed by atoms with E-state index in [0.717, 1.165) is 21.6 Å². The topological polar surface area (TPSA) is 38.9 Å². The van der Waals surface area contributed by atoms with Crippen LogP contribution in [0.1, 0.15) is 30.9 Å². The Morgan fingerprint density at radius 2 is 1.55 bits per heavy atom. The number of hydrogen-bond acceptors (Lipinski definition) is 4. The lowest BCUT2D eigenvalue weighted by Gasteiger charge is -2.07. The largest absolute Gasteiger partial charge is 0.383 e. The standard InChI is InChI=1S/C28H29N3OS/c1-21(2)23-11-9-22(10-12-23)19-30-31-27(20-33-28(31)29-17-18-32-3)26-15-13-25(14-16-26)24-7-5-4-6-8-24/h4-16,19-21H,17-18H2,1-3H3/b29-28?,30-19+. The SMILES string of the molecule is COCCN=c1scc(-c2ccc(-c3ccccc3)cc2)n1/N=C/c1ccc(C(C)C)cc1. The first-order valence-corrected chi connectivity index (χ1v) is 12.0. The predicted molar refractivity (Wildman–Crippen MR) is 139 cm³/mol. The zero-order valence-corrected chi connectivity index (χ0v) is 20.1. The van der Waals surface area contributed by atoms with Gasteiger partial charge in [-0.15, -0.1) is 11.3 Å². The summed E-state index contributed by atoms with van der Waals surface area (Å²) in [5.41, 5.74) is 6.91. The van der Waals surface area contributed by atoms with Gasteiger partial charge in [0.1, 0.15) is 0 Å². The molecular weight excluding hydrogens is 426 g/mol. The van der Waals surface area contributed by atoms with Gasteiger partial charge in [0.25, 0.3) is 0 Å². The molecule has 4 aromatic rings. The Bertz CT molecular complexity index is 1250. The summed E-state index contributed by atoms with van der Waals surface area (Å²) in [5, 5.41) is 6.93. The Balaban J connectivity index is 1.67. The van der Waals surface area contributed by atoms with Crippen LogP contribution in [-0.4, -0.2) is 31.2 Å². The normalized spacial score (nSPS) is 12.2. The van der Waals surface area contributed by atoms with E-state index in [1.807, 2.05) is 17.0 Å². The van der Waals surface area contributed by atoms with E-state index < -0.39 is 0 Å². The summed E-state index contributed by atoms with van der Waals surface area (Å²) < 4.78 is 7.10. The van der Waals surface area contributed by atoms with Crippen LogP contribution in [0.15, 0.2) is 94.3 Å². The van der Waals surface area contributed by atoms with Crippen LogP contribution < -0.4 is 4.80 Å². The first-order valence-electron chi connectivity index (χ1n) is 11.2. The maximum absolute atomic E-state index is 5.17. The highest BCUT2D eigenvalue weighted by Crippen LogP contribution is 2.25. The fourth-order valence-corrected chi connectivity index (χ4v) is 4.37. The summed E-state index contributed by atoms with van der Waals surface area (Å²) in [6.07, 6.45) is 1.90. The molecule has 3 aromatic carbocycles. The summed E-state index contributed by atoms with van der Waals surface area (Å²) >= 11 is 1.59. The first kappa shape index (κ1) is 22.9. The minimum atomic E-state index is 0.513. The van der Waals surface area contributed by atoms with Crippen molar-refractivity contribution in [3.05, 3.63) is 100 Å². The Morgan fingerprint density at radius 1 is 0.879 bits per heavy atom. The molecule has 0 saturated carbocycles. The van der Waals surface area contributed by atoms with Crippen LogP contribution in [0.5, 0.6) is 0 Å². The molecule has 0 radical (unpaired) electrons. The highest BCUT2D eigenvalue weighted by molar-refractivity contribution is 7.07. The highest BCUT2D eigenvalue weighted by Gasteiger charge is 2.08. The van der Waals surface area contributed by atoms with E-state index in [1.54, 1.807) is 18.4 Å². The van der Waals surface area contributed by atoms with E-state index >= 15 is 0 Å². The molecule has 0 spiro atoms. The van der Waals surface area contributed by atoms with Crippen molar-refractivity contribution in [2.75, 3.05) is 20.3 Å². The van der Waals surface area contributed by atoms with E-state index in [-0.39, 0.29) is 0 Å². The molecule has 0 atom stereocenters. The predicted octanol–water partition coefficient (Wildman–Crippen LogP) is 6.44. The molecule has 33 heavy (non-hydrogen) atoms. The zero-order valence-electron chi connectivity index (χ0n) is 19.3. The number of thiazole rings is 1. The number of nitrogens with zero attached hydrogens (tertiary/aromatic N) is 3. The van der Waals surface area contributed by atoms with Crippen molar-refractivity contribution >= 4 is 17.6 Å². The van der Waals surface area contributed by atoms with E-state index in [2.05, 4.69) is 92.0 Å². The number of aromatic nitrogens is 1. The van der Waals surface area contributed by atoms with Crippen LogP contribution in [0.25, 0.3) is 22.4 Å². The molecule has 4 nitrogen and oxygen atoms in total. The van der Waals surface area contributed by atoms with Crippen molar-refractivity contribution in [2.24, 2.45) is 10.1 Å². The van der Waals surface area contributed by atoms with Crippen molar-refractivity contribution in [1.29, 1.82) is 0 Å². The van der Waals surface area contributed by atoms with Crippen molar-refractivity contribution in [2.45, 2.75) is 19.8 Å². The third kappa shape index (κ3) is 5.75. The van der Waals surface area contributed by atoms with Crippen LogP contribution in [0.3, 0.4) is 0 Å². The molecule has 0 bridgehead atoms. The van der Waals surface area contributed by atoms with Crippen LogP contribution in [0.2, 0.25) is 0 Å². The molecule has 5 heteroatoms. The Labute approximate surface area is 199 Å². The van der Waals surface area contributed by atoms with Crippen molar-refractivity contribution in [3.8, 4) is 22.4 Å². The lowest BCUT2D eigenvalue weighted by atomic mass is 10.0. The molecule has 1 heterocycles. The third-order valence-electron chi connectivity index (χ3n) is 5.44. The number of methoxy groups -OCH3 is 1. The summed E-state index contributed by atoms with van der Waals surface area (Å²) in [4.78, 5) is 5.55. The van der Waals surface area contributed by atoms with Gasteiger partial charge in [-0.1, -0.05) is 92.7 Å². The van der Waals surface area contributed by atoms with Gasteiger partial charge < -0.3 is 4.74 Å². The maximum Gasteiger partial charge on any atom is 0.206 e. The lowest BCUT2D eigenvalue weighted by Crippen LogP contribution is -2.13. The van der Waals surface area contributed by atoms with Crippen LogP contribution >= 0.6 is 11.3 Å². The Kier molecular flexibility index (Phi) is 7.66. The average molecular weight is 456 g/mol. The van der Waals surface area contributed by atoms with E-state index in [1.165, 1.54) is 16.7 Å². The summed E-state index contributed by atoms with van der Waals surface area (Å²) in [6.45, 7) is 5.59. The molecule has 168 valence electrons. The van der Waals surface area contributed by atoms with Gasteiger partial charge in [0.2, 0.25) is 4.80 Å². The molecule has 0 aliphatic heterocycles. The summed E-state index contributed by atoms with van der Waals surface area (Å²) in [7, 11) is 1.69. The second kappa shape index (κ2) is 11.0. The zero-order chi connectivity index (χ0) is 23.0. The molecule has 0 aliphatic carbocycles. The molecule has 0 amide bonds. The number of ether oxygens (including phenoxy) is 1. The second-order valence-corrected chi connectivity index (χ2v) is 8.94. The van der Waals surface area contributed by atoms with E-state index in [0.29, 0.717) is 19.1 Å². The number of rotatable bonds is 8. The minimum absolute atomic E-state index is 0.513. The van der Waals surface area contributed by atoms with Gasteiger partial charge in [-0.3, -0.25) is 4.99 Å². The van der Waals surface area contributed by atoms with E-state index in [4.69, 9.17) is 14.8 Å². The lowest BCUT2D eigenvalue weighted by molar-refractivity contribution is 0.207. The molecule has 0 aliphatic rings. The van der Waals surface area contributed by atoms with Crippen LogP contribution in [0.4, 0.5) is 0 Å². The fourth-order valence-electron chi connectivity index (χ4n) is 3.51. The van der Waals surface area contributed by atoms with E-state index in [9.17, 15) is 0 Å². The quantitative estimate of drug-likeness (QED) is 0.223. The van der Waals surface area contributed by atoms with Gasteiger partial charge in [-0.2, -0.15) is 5.10 Å². The molecule has 0 unspecified atom stereocenters. The first-order chi connectivity index (χ1) is 16.2. The fraction of sp³-hybridized carbons (Fsp3) is 0.214. The Morgan fingerprint density at radius 3 is 2.21 bits per heavy atom. The average Bonchev–Trinajstić information content (AvgIpc) is 3.26. The number of hydrogen-bond donors (Lipinski definition) is 0. The van der Waals surface area contributed by atoms with Gasteiger partial charge in [-0.25, -0.2) is 4.68 Å². The van der Waals surface area contributed by atoms with Crippen molar-refractivity contribution in [3.63, 3.8) is 0 Å². The summed E-state index contributed by atoms with van der Waals surface area (Å²) in [5.74, 6) is 0.513. The monoisotopic (exact) mass is 455 g/mol. The Hall–Kier alpha value is -3.28. The van der Waals surface area contributed by atoms with Gasteiger partial charge in [-0.05, 0) is 28.2 Å². The van der Waals surface area contributed by atoms with Gasteiger partial charge in [0.05, 0.1) is 25.1 Å². The van der Waals surface area contributed by atoms with Crippen LogP contribution in [0, 0.1) is 0 Å². The molecule has 0 saturated heterocycles. The molecule has 0 N–H and O–H groups in total. The van der Waals surface area contributed by atoms with Gasteiger partial charge in [0.15, 0.2) is 0 Å².